The topological polar surface area (TPSA) is 80.9 Å². The Morgan fingerprint density at radius 2 is 2.43 bits per heavy atom. The molecule has 0 aliphatic rings. The molecule has 0 radical (unpaired) electrons. The van der Waals surface area contributed by atoms with E-state index in [0.717, 1.165) is 0 Å². The first kappa shape index (κ1) is 10.9. The number of nitrogens with two attached hydrogens (primary N) is 1. The second kappa shape index (κ2) is 5.51. The van der Waals surface area contributed by atoms with Gasteiger partial charge in [-0.2, -0.15) is 0 Å². The van der Waals surface area contributed by atoms with Gasteiger partial charge in [0.15, 0.2) is 0 Å². The zero-order valence-electron chi connectivity index (χ0n) is 7.53. The molecule has 76 valence electrons. The minimum atomic E-state index is -0.120. The molecule has 1 aromatic heterocycles. The molecule has 1 rings (SSSR count). The van der Waals surface area contributed by atoms with Crippen molar-refractivity contribution in [3.05, 3.63) is 17.5 Å². The van der Waals surface area contributed by atoms with Crippen molar-refractivity contribution in [2.24, 2.45) is 5.73 Å². The first-order chi connectivity index (χ1) is 6.72. The molecule has 5 nitrogen and oxygen atoms in total. The normalized spacial score (nSPS) is 9.86. The summed E-state index contributed by atoms with van der Waals surface area (Å²) in [4.78, 5) is 18.7. The van der Waals surface area contributed by atoms with Crippen molar-refractivity contribution in [2.45, 2.75) is 12.8 Å². The van der Waals surface area contributed by atoms with Crippen LogP contribution in [0.25, 0.3) is 0 Å². The number of carbonyl (C=O) groups excluding carboxylic acids is 1. The Morgan fingerprint density at radius 3 is 3.07 bits per heavy atom. The Balaban J connectivity index is 2.47. The lowest BCUT2D eigenvalue weighted by Crippen LogP contribution is -2.14. The van der Waals surface area contributed by atoms with E-state index in [-0.39, 0.29) is 11.2 Å². The van der Waals surface area contributed by atoms with Gasteiger partial charge in [-0.1, -0.05) is 0 Å². The highest BCUT2D eigenvalue weighted by Crippen LogP contribution is 2.06. The Kier molecular flexibility index (Phi) is 4.28. The number of anilines is 1. The van der Waals surface area contributed by atoms with Crippen LogP contribution in [-0.4, -0.2) is 22.4 Å². The van der Waals surface area contributed by atoms with Crippen LogP contribution in [0.2, 0.25) is 5.28 Å². The summed E-state index contributed by atoms with van der Waals surface area (Å²) < 4.78 is 0. The van der Waals surface area contributed by atoms with Gasteiger partial charge in [0.2, 0.25) is 11.2 Å². The molecule has 0 atom stereocenters. The molecule has 3 N–H and O–H groups in total. The van der Waals surface area contributed by atoms with Gasteiger partial charge in [0, 0.05) is 12.6 Å². The standard InChI is InChI=1S/C8H11ClN4O/c9-8-11-5-3-6(13-8)12-7(14)2-1-4-10/h3,5H,1-2,4,10H2,(H,11,12,13,14). The molecule has 1 aromatic rings. The van der Waals surface area contributed by atoms with Gasteiger partial charge in [-0.25, -0.2) is 9.97 Å². The van der Waals surface area contributed by atoms with E-state index in [1.54, 1.807) is 6.07 Å². The largest absolute Gasteiger partial charge is 0.330 e. The van der Waals surface area contributed by atoms with Crippen LogP contribution in [0.1, 0.15) is 12.8 Å². The van der Waals surface area contributed by atoms with Crippen molar-refractivity contribution in [2.75, 3.05) is 11.9 Å². The lowest BCUT2D eigenvalue weighted by Gasteiger charge is -2.02. The van der Waals surface area contributed by atoms with Crippen molar-refractivity contribution in [3.63, 3.8) is 0 Å². The highest BCUT2D eigenvalue weighted by atomic mass is 35.5. The van der Waals surface area contributed by atoms with Crippen LogP contribution >= 0.6 is 11.6 Å². The highest BCUT2D eigenvalue weighted by molar-refractivity contribution is 6.28. The maximum absolute atomic E-state index is 11.2. The fourth-order valence-electron chi connectivity index (χ4n) is 0.872. The van der Waals surface area contributed by atoms with E-state index in [1.807, 2.05) is 0 Å². The molecule has 0 saturated carbocycles. The van der Waals surface area contributed by atoms with Gasteiger partial charge in [0.25, 0.3) is 0 Å². The predicted octanol–water partition coefficient (Wildman–Crippen LogP) is 0.807. The van der Waals surface area contributed by atoms with E-state index in [0.29, 0.717) is 25.2 Å². The molecule has 1 heterocycles. The number of aromatic nitrogens is 2. The van der Waals surface area contributed by atoms with E-state index in [2.05, 4.69) is 15.3 Å². The first-order valence-corrected chi connectivity index (χ1v) is 4.58. The van der Waals surface area contributed by atoms with Gasteiger partial charge in [-0.15, -0.1) is 0 Å². The predicted molar refractivity (Wildman–Crippen MR) is 54.0 cm³/mol. The van der Waals surface area contributed by atoms with Gasteiger partial charge in [-0.3, -0.25) is 4.79 Å². The highest BCUT2D eigenvalue weighted by Gasteiger charge is 2.02. The van der Waals surface area contributed by atoms with Gasteiger partial charge in [0.05, 0.1) is 0 Å². The van der Waals surface area contributed by atoms with Crippen molar-refractivity contribution < 1.29 is 4.79 Å². The second-order valence-corrected chi connectivity index (χ2v) is 2.99. The number of nitrogens with zero attached hydrogens (tertiary/aromatic N) is 2. The fourth-order valence-corrected chi connectivity index (χ4v) is 1.02. The smallest absolute Gasteiger partial charge is 0.225 e. The molecule has 0 saturated heterocycles. The van der Waals surface area contributed by atoms with Gasteiger partial charge >= 0.3 is 0 Å². The molecule has 14 heavy (non-hydrogen) atoms. The van der Waals surface area contributed by atoms with Crippen LogP contribution in [-0.2, 0) is 4.79 Å². The first-order valence-electron chi connectivity index (χ1n) is 4.21. The summed E-state index contributed by atoms with van der Waals surface area (Å²) in [6.45, 7) is 0.498. The number of hydrogen-bond donors (Lipinski definition) is 2. The Hall–Kier alpha value is -1.20. The molecule has 0 spiro atoms. The Labute approximate surface area is 86.7 Å². The molecule has 6 heteroatoms. The fraction of sp³-hybridized carbons (Fsp3) is 0.375. The van der Waals surface area contributed by atoms with Crippen LogP contribution in [0, 0.1) is 0 Å². The third-order valence-corrected chi connectivity index (χ3v) is 1.68. The Bertz CT molecular complexity index is 318. The van der Waals surface area contributed by atoms with Crippen LogP contribution < -0.4 is 11.1 Å². The average molecular weight is 215 g/mol. The molecule has 1 amide bonds. The van der Waals surface area contributed by atoms with Crippen LogP contribution in [0.5, 0.6) is 0 Å². The number of hydrogen-bond acceptors (Lipinski definition) is 4. The minimum Gasteiger partial charge on any atom is -0.330 e. The maximum atomic E-state index is 11.2. The maximum Gasteiger partial charge on any atom is 0.225 e. The number of carbonyl (C=O) groups is 1. The number of nitrogens with one attached hydrogen (secondary N) is 1. The van der Waals surface area contributed by atoms with Gasteiger partial charge < -0.3 is 11.1 Å². The minimum absolute atomic E-state index is 0.113. The summed E-state index contributed by atoms with van der Waals surface area (Å²) in [5, 5.41) is 2.70. The van der Waals surface area contributed by atoms with E-state index >= 15 is 0 Å². The molecule has 0 unspecified atom stereocenters. The average Bonchev–Trinajstić information content (AvgIpc) is 2.15. The van der Waals surface area contributed by atoms with Gasteiger partial charge in [0.1, 0.15) is 5.82 Å². The van der Waals surface area contributed by atoms with Crippen molar-refractivity contribution >= 4 is 23.3 Å². The van der Waals surface area contributed by atoms with E-state index < -0.39 is 0 Å². The third-order valence-electron chi connectivity index (χ3n) is 1.50. The number of rotatable bonds is 4. The Morgan fingerprint density at radius 1 is 1.64 bits per heavy atom. The second-order valence-electron chi connectivity index (χ2n) is 2.65. The summed E-state index contributed by atoms with van der Waals surface area (Å²) in [6.07, 6.45) is 2.52. The van der Waals surface area contributed by atoms with Crippen molar-refractivity contribution in [1.29, 1.82) is 0 Å². The lowest BCUT2D eigenvalue weighted by atomic mass is 10.3. The monoisotopic (exact) mass is 214 g/mol. The van der Waals surface area contributed by atoms with Crippen LogP contribution in [0.15, 0.2) is 12.3 Å². The molecular formula is C8H11ClN4O. The van der Waals surface area contributed by atoms with E-state index in [9.17, 15) is 4.79 Å². The van der Waals surface area contributed by atoms with E-state index in [4.69, 9.17) is 17.3 Å². The molecule has 0 fully saturated rings. The quantitative estimate of drug-likeness (QED) is 0.727. The van der Waals surface area contributed by atoms with Crippen molar-refractivity contribution in [1.82, 2.24) is 9.97 Å². The third kappa shape index (κ3) is 3.68. The number of halogens is 1. The van der Waals surface area contributed by atoms with Gasteiger partial charge in [-0.05, 0) is 30.6 Å². The lowest BCUT2D eigenvalue weighted by molar-refractivity contribution is -0.116. The summed E-state index contributed by atoms with van der Waals surface area (Å²) in [5.41, 5.74) is 5.27. The van der Waals surface area contributed by atoms with Crippen molar-refractivity contribution in [3.8, 4) is 0 Å². The zero-order valence-corrected chi connectivity index (χ0v) is 8.29. The van der Waals surface area contributed by atoms with Crippen LogP contribution in [0.4, 0.5) is 5.82 Å². The number of amides is 1. The molecule has 0 aliphatic heterocycles. The summed E-state index contributed by atoms with van der Waals surface area (Å²) in [6, 6.07) is 1.58. The zero-order chi connectivity index (χ0) is 10.4. The molecule has 0 aliphatic carbocycles. The summed E-state index contributed by atoms with van der Waals surface area (Å²) >= 11 is 5.54. The SMILES string of the molecule is NCCCC(=O)Nc1ccnc(Cl)n1. The molecular weight excluding hydrogens is 204 g/mol. The van der Waals surface area contributed by atoms with Crippen LogP contribution in [0.3, 0.4) is 0 Å². The van der Waals surface area contributed by atoms with E-state index in [1.165, 1.54) is 6.20 Å². The molecule has 0 bridgehead atoms. The summed E-state index contributed by atoms with van der Waals surface area (Å²) in [7, 11) is 0. The summed E-state index contributed by atoms with van der Waals surface area (Å²) in [5.74, 6) is 0.289. The molecule has 0 aromatic carbocycles.